The van der Waals surface area contributed by atoms with Crippen LogP contribution in [0.2, 0.25) is 0 Å². The number of aromatic nitrogens is 4. The van der Waals surface area contributed by atoms with Gasteiger partial charge < -0.3 is 10.1 Å². The summed E-state index contributed by atoms with van der Waals surface area (Å²) < 4.78 is 8.30. The Morgan fingerprint density at radius 1 is 1.21 bits per heavy atom. The van der Waals surface area contributed by atoms with Gasteiger partial charge in [0.2, 0.25) is 5.88 Å². The lowest BCUT2D eigenvalue weighted by molar-refractivity contribution is 0.0947. The number of benzene rings is 1. The quantitative estimate of drug-likeness (QED) is 0.731. The number of nitrogens with one attached hydrogen (secondary N) is 1. The molecular weight excluding hydrogens is 358 g/mol. The van der Waals surface area contributed by atoms with Crippen molar-refractivity contribution in [2.75, 3.05) is 7.11 Å². The zero-order valence-electron chi connectivity index (χ0n) is 16.0. The predicted octanol–water partition coefficient (Wildman–Crippen LogP) is 2.18. The maximum atomic E-state index is 12.9. The fourth-order valence-electron chi connectivity index (χ4n) is 3.83. The number of rotatable bonds is 5. The van der Waals surface area contributed by atoms with Gasteiger partial charge in [0.05, 0.1) is 30.8 Å². The first-order valence-electron chi connectivity index (χ1n) is 9.44. The normalized spacial score (nSPS) is 14.5. The average molecular weight is 381 g/mol. The number of ether oxygens (including phenoxy) is 1. The van der Waals surface area contributed by atoms with Gasteiger partial charge in [-0.1, -0.05) is 31.0 Å². The number of hydrogen-bond acceptors (Lipinski definition) is 5. The van der Waals surface area contributed by atoms with Crippen LogP contribution in [0.3, 0.4) is 0 Å². The van der Waals surface area contributed by atoms with Crippen molar-refractivity contribution in [2.45, 2.75) is 38.3 Å². The van der Waals surface area contributed by atoms with Crippen LogP contribution in [0.1, 0.15) is 47.8 Å². The van der Waals surface area contributed by atoms with Crippen molar-refractivity contribution < 1.29 is 9.53 Å². The summed E-state index contributed by atoms with van der Waals surface area (Å²) in [6, 6.07) is 7.55. The molecule has 3 aromatic rings. The molecule has 0 bridgehead atoms. The Morgan fingerprint density at radius 2 is 1.93 bits per heavy atom. The van der Waals surface area contributed by atoms with Gasteiger partial charge in [-0.3, -0.25) is 14.3 Å². The molecule has 8 heteroatoms. The first-order valence-corrected chi connectivity index (χ1v) is 9.44. The SMILES string of the molecule is COc1nn(C)cc1C(=O)NCc1nn(C2CCCC2)c(=O)c2ccccc12. The van der Waals surface area contributed by atoms with Gasteiger partial charge in [-0.05, 0) is 18.9 Å². The van der Waals surface area contributed by atoms with E-state index in [1.54, 1.807) is 17.9 Å². The molecule has 0 radical (unpaired) electrons. The van der Waals surface area contributed by atoms with Crippen LogP contribution >= 0.6 is 0 Å². The molecule has 1 aliphatic rings. The summed E-state index contributed by atoms with van der Waals surface area (Å²) in [6.07, 6.45) is 5.75. The molecule has 0 saturated heterocycles. The number of fused-ring (bicyclic) bond motifs is 1. The maximum absolute atomic E-state index is 12.9. The van der Waals surface area contributed by atoms with E-state index in [0.29, 0.717) is 16.6 Å². The Kier molecular flexibility index (Phi) is 4.85. The highest BCUT2D eigenvalue weighted by molar-refractivity contribution is 5.96. The van der Waals surface area contributed by atoms with Gasteiger partial charge in [-0.2, -0.15) is 5.10 Å². The maximum Gasteiger partial charge on any atom is 0.274 e. The second-order valence-electron chi connectivity index (χ2n) is 7.09. The smallest absolute Gasteiger partial charge is 0.274 e. The molecule has 1 aliphatic carbocycles. The average Bonchev–Trinajstić information content (AvgIpc) is 3.37. The summed E-state index contributed by atoms with van der Waals surface area (Å²) in [5, 5.41) is 13.0. The van der Waals surface area contributed by atoms with Crippen LogP contribution in [0.4, 0.5) is 0 Å². The number of hydrogen-bond donors (Lipinski definition) is 1. The third-order valence-corrected chi connectivity index (χ3v) is 5.22. The lowest BCUT2D eigenvalue weighted by Gasteiger charge is -2.16. The van der Waals surface area contributed by atoms with Gasteiger partial charge in [-0.15, -0.1) is 5.10 Å². The van der Waals surface area contributed by atoms with Gasteiger partial charge in [0.25, 0.3) is 11.5 Å². The van der Waals surface area contributed by atoms with Crippen LogP contribution in [0.15, 0.2) is 35.3 Å². The number of nitrogens with zero attached hydrogens (tertiary/aromatic N) is 4. The Labute approximate surface area is 162 Å². The summed E-state index contributed by atoms with van der Waals surface area (Å²) in [4.78, 5) is 25.5. The van der Waals surface area contributed by atoms with E-state index in [1.807, 2.05) is 24.3 Å². The molecule has 2 aromatic heterocycles. The fourth-order valence-corrected chi connectivity index (χ4v) is 3.83. The van der Waals surface area contributed by atoms with E-state index < -0.39 is 0 Å². The van der Waals surface area contributed by atoms with Crippen LogP contribution in [-0.4, -0.2) is 32.6 Å². The molecule has 0 atom stereocenters. The second-order valence-corrected chi connectivity index (χ2v) is 7.09. The molecule has 0 spiro atoms. The van der Waals surface area contributed by atoms with Crippen molar-refractivity contribution >= 4 is 16.7 Å². The Morgan fingerprint density at radius 3 is 2.64 bits per heavy atom. The molecule has 1 aromatic carbocycles. The second kappa shape index (κ2) is 7.46. The van der Waals surface area contributed by atoms with Crippen LogP contribution in [0.25, 0.3) is 10.8 Å². The van der Waals surface area contributed by atoms with Gasteiger partial charge >= 0.3 is 0 Å². The van der Waals surface area contributed by atoms with Gasteiger partial charge in [0.1, 0.15) is 5.56 Å². The largest absolute Gasteiger partial charge is 0.479 e. The predicted molar refractivity (Wildman–Crippen MR) is 104 cm³/mol. The summed E-state index contributed by atoms with van der Waals surface area (Å²) in [5.74, 6) is -0.0248. The van der Waals surface area contributed by atoms with E-state index in [0.717, 1.165) is 31.1 Å². The van der Waals surface area contributed by atoms with E-state index in [9.17, 15) is 9.59 Å². The highest BCUT2D eigenvalue weighted by Crippen LogP contribution is 2.28. The van der Waals surface area contributed by atoms with Crippen molar-refractivity contribution in [2.24, 2.45) is 7.05 Å². The highest BCUT2D eigenvalue weighted by atomic mass is 16.5. The molecule has 4 rings (SSSR count). The first kappa shape index (κ1) is 18.2. The molecule has 0 unspecified atom stereocenters. The van der Waals surface area contributed by atoms with Crippen molar-refractivity contribution in [1.29, 1.82) is 0 Å². The minimum absolute atomic E-state index is 0.0634. The Hall–Kier alpha value is -3.16. The molecule has 1 saturated carbocycles. The molecule has 1 amide bonds. The van der Waals surface area contributed by atoms with Crippen LogP contribution in [-0.2, 0) is 13.6 Å². The summed E-state index contributed by atoms with van der Waals surface area (Å²) >= 11 is 0. The van der Waals surface area contributed by atoms with E-state index in [1.165, 1.54) is 11.8 Å². The zero-order chi connectivity index (χ0) is 19.7. The molecular formula is C20H23N5O3. The van der Waals surface area contributed by atoms with Crippen LogP contribution < -0.4 is 15.6 Å². The number of carbonyl (C=O) groups is 1. The van der Waals surface area contributed by atoms with E-state index in [2.05, 4.69) is 15.5 Å². The number of aryl methyl sites for hydroxylation is 1. The van der Waals surface area contributed by atoms with Crippen LogP contribution in [0, 0.1) is 0 Å². The summed E-state index contributed by atoms with van der Waals surface area (Å²) in [5.41, 5.74) is 0.975. The molecule has 0 aliphatic heterocycles. The molecule has 146 valence electrons. The molecule has 1 fully saturated rings. The molecule has 2 heterocycles. The topological polar surface area (TPSA) is 91.0 Å². The monoisotopic (exact) mass is 381 g/mol. The first-order chi connectivity index (χ1) is 13.6. The van der Waals surface area contributed by atoms with E-state index >= 15 is 0 Å². The molecule has 1 N–H and O–H groups in total. The van der Waals surface area contributed by atoms with Crippen molar-refractivity contribution in [1.82, 2.24) is 24.9 Å². The van der Waals surface area contributed by atoms with Gasteiger partial charge in [0, 0.05) is 18.6 Å². The van der Waals surface area contributed by atoms with Crippen LogP contribution in [0.5, 0.6) is 5.88 Å². The number of methoxy groups -OCH3 is 1. The van der Waals surface area contributed by atoms with E-state index in [-0.39, 0.29) is 29.9 Å². The standard InChI is InChI=1S/C20H23N5O3/c1-24-12-16(19(23-24)28-2)18(26)21-11-17-14-9-5-6-10-15(14)20(27)25(22-17)13-7-3-4-8-13/h5-6,9-10,12-13H,3-4,7-8,11H2,1-2H3,(H,21,26). The zero-order valence-corrected chi connectivity index (χ0v) is 16.0. The fraction of sp³-hybridized carbons (Fsp3) is 0.400. The highest BCUT2D eigenvalue weighted by Gasteiger charge is 2.22. The van der Waals surface area contributed by atoms with E-state index in [4.69, 9.17) is 4.74 Å². The number of carbonyl (C=O) groups excluding carboxylic acids is 1. The summed E-state index contributed by atoms with van der Waals surface area (Å²) in [7, 11) is 3.21. The lowest BCUT2D eigenvalue weighted by Crippen LogP contribution is -2.30. The third kappa shape index (κ3) is 3.26. The van der Waals surface area contributed by atoms with Gasteiger partial charge in [0.15, 0.2) is 0 Å². The van der Waals surface area contributed by atoms with Gasteiger partial charge in [-0.25, -0.2) is 4.68 Å². The Balaban J connectivity index is 1.67. The van der Waals surface area contributed by atoms with Crippen molar-refractivity contribution in [3.63, 3.8) is 0 Å². The summed E-state index contributed by atoms with van der Waals surface area (Å²) in [6.45, 7) is 0.213. The number of amides is 1. The van der Waals surface area contributed by atoms with Crippen molar-refractivity contribution in [3.05, 3.63) is 52.1 Å². The minimum atomic E-state index is -0.297. The third-order valence-electron chi connectivity index (χ3n) is 5.22. The molecule has 8 nitrogen and oxygen atoms in total. The van der Waals surface area contributed by atoms with Crippen molar-refractivity contribution in [3.8, 4) is 5.88 Å². The molecule has 28 heavy (non-hydrogen) atoms. The lowest BCUT2D eigenvalue weighted by atomic mass is 10.1. The minimum Gasteiger partial charge on any atom is -0.479 e. The Bertz CT molecular complexity index is 1080.